The summed E-state index contributed by atoms with van der Waals surface area (Å²) in [6.07, 6.45) is 4.49. The minimum atomic E-state index is -0.955. The van der Waals surface area contributed by atoms with Crippen molar-refractivity contribution < 1.29 is 19.3 Å². The number of hydrogen-bond donors (Lipinski definition) is 1. The molecule has 0 radical (unpaired) electrons. The van der Waals surface area contributed by atoms with E-state index in [2.05, 4.69) is 33.0 Å². The molecule has 168 valence electrons. The third-order valence-corrected chi connectivity index (χ3v) is 9.21. The maximum Gasteiger partial charge on any atom is 0.179 e. The number of ether oxygens (including phenoxy) is 3. The van der Waals surface area contributed by atoms with Crippen molar-refractivity contribution in [3.63, 3.8) is 0 Å². The second-order valence-electron chi connectivity index (χ2n) is 11.1. The van der Waals surface area contributed by atoms with E-state index in [1.54, 1.807) is 14.2 Å². The monoisotopic (exact) mass is 426 g/mol. The summed E-state index contributed by atoms with van der Waals surface area (Å²) in [5, 5.41) is 21.7. The van der Waals surface area contributed by atoms with Crippen molar-refractivity contribution in [2.24, 2.45) is 17.3 Å². The molecule has 2 bridgehead atoms. The molecule has 1 N–H and O–H groups in total. The van der Waals surface area contributed by atoms with E-state index in [4.69, 9.17) is 14.2 Å². The van der Waals surface area contributed by atoms with E-state index in [-0.39, 0.29) is 40.9 Å². The Balaban J connectivity index is 1.72. The second-order valence-corrected chi connectivity index (χ2v) is 11.1. The van der Waals surface area contributed by atoms with Gasteiger partial charge in [-0.1, -0.05) is 26.8 Å². The quantitative estimate of drug-likeness (QED) is 0.748. The zero-order chi connectivity index (χ0) is 22.3. The summed E-state index contributed by atoms with van der Waals surface area (Å²) in [6, 6.07) is 4.25. The van der Waals surface area contributed by atoms with Gasteiger partial charge >= 0.3 is 0 Å². The molecule has 1 aromatic carbocycles. The highest BCUT2D eigenvalue weighted by Gasteiger charge is 2.70. The number of aliphatic hydroxyl groups is 1. The predicted octanol–water partition coefficient (Wildman–Crippen LogP) is 3.25. The van der Waals surface area contributed by atoms with Crippen LogP contribution in [0.25, 0.3) is 0 Å². The van der Waals surface area contributed by atoms with Crippen LogP contribution in [0.3, 0.4) is 0 Å². The lowest BCUT2D eigenvalue weighted by atomic mass is 9.47. The van der Waals surface area contributed by atoms with Gasteiger partial charge in [-0.2, -0.15) is 5.26 Å². The molecule has 2 aliphatic heterocycles. The van der Waals surface area contributed by atoms with Gasteiger partial charge in [0, 0.05) is 36.6 Å². The first-order valence-electron chi connectivity index (χ1n) is 11.4. The molecule has 7 atom stereocenters. The highest BCUT2D eigenvalue weighted by molar-refractivity contribution is 5.61. The molecular formula is C25H34N2O4. The molecule has 1 saturated carbocycles. The Morgan fingerprint density at radius 2 is 2.00 bits per heavy atom. The van der Waals surface area contributed by atoms with Gasteiger partial charge in [-0.25, -0.2) is 0 Å². The summed E-state index contributed by atoms with van der Waals surface area (Å²) >= 11 is 0. The van der Waals surface area contributed by atoms with Crippen LogP contribution < -0.4 is 9.47 Å². The lowest BCUT2D eigenvalue weighted by molar-refractivity contribution is -0.203. The Kier molecular flexibility index (Phi) is 4.40. The van der Waals surface area contributed by atoms with Crippen molar-refractivity contribution in [2.45, 2.75) is 76.2 Å². The largest absolute Gasteiger partial charge is 0.493 e. The number of nitrogens with zero attached hydrogens (tertiary/aromatic N) is 2. The Hall–Kier alpha value is -1.97. The lowest BCUT2D eigenvalue weighted by Crippen LogP contribution is -2.71. The molecule has 6 heteroatoms. The Morgan fingerprint density at radius 1 is 1.26 bits per heavy atom. The van der Waals surface area contributed by atoms with Crippen LogP contribution in [0.1, 0.15) is 51.7 Å². The molecule has 2 aliphatic carbocycles. The highest BCUT2D eigenvalue weighted by Crippen LogP contribution is 2.66. The number of methoxy groups -OCH3 is 2. The van der Waals surface area contributed by atoms with E-state index >= 15 is 0 Å². The fourth-order valence-corrected chi connectivity index (χ4v) is 7.16. The molecule has 2 fully saturated rings. The topological polar surface area (TPSA) is 75.0 Å². The first-order valence-corrected chi connectivity index (χ1v) is 11.4. The molecule has 5 unspecified atom stereocenters. The van der Waals surface area contributed by atoms with Crippen LogP contribution in [0.5, 0.6) is 11.5 Å². The smallest absolute Gasteiger partial charge is 0.179 e. The minimum absolute atomic E-state index is 0.108. The van der Waals surface area contributed by atoms with Crippen molar-refractivity contribution in [1.29, 1.82) is 5.26 Å². The van der Waals surface area contributed by atoms with Crippen LogP contribution in [0.15, 0.2) is 12.1 Å². The van der Waals surface area contributed by atoms with Gasteiger partial charge in [0.25, 0.3) is 0 Å². The summed E-state index contributed by atoms with van der Waals surface area (Å²) in [5.74, 6) is 1.72. The fourth-order valence-electron chi connectivity index (χ4n) is 7.16. The van der Waals surface area contributed by atoms with Gasteiger partial charge < -0.3 is 24.2 Å². The number of likely N-dealkylation sites (tertiary alicyclic amines) is 1. The molecule has 31 heavy (non-hydrogen) atoms. The van der Waals surface area contributed by atoms with Gasteiger partial charge in [0.1, 0.15) is 12.2 Å². The summed E-state index contributed by atoms with van der Waals surface area (Å²) in [7, 11) is 3.42. The lowest BCUT2D eigenvalue weighted by Gasteiger charge is -2.62. The second kappa shape index (κ2) is 6.52. The molecule has 6 nitrogen and oxygen atoms in total. The van der Waals surface area contributed by atoms with E-state index < -0.39 is 5.60 Å². The van der Waals surface area contributed by atoms with Crippen molar-refractivity contribution in [3.05, 3.63) is 23.3 Å². The molecule has 1 aromatic rings. The third-order valence-electron chi connectivity index (χ3n) is 9.21. The molecule has 1 saturated heterocycles. The van der Waals surface area contributed by atoms with Gasteiger partial charge in [0.15, 0.2) is 17.7 Å². The SMILES string of the molecule is COc1ccc2c3c1OC1C(OC)[C@@H]([C@@](C)(O)C(C)(C)C)CC4C(C2)N(C#N)CCC341. The van der Waals surface area contributed by atoms with Crippen LogP contribution in [0.2, 0.25) is 0 Å². The number of hydrogen-bond acceptors (Lipinski definition) is 6. The summed E-state index contributed by atoms with van der Waals surface area (Å²) in [6.45, 7) is 8.91. The Bertz CT molecular complexity index is 946. The summed E-state index contributed by atoms with van der Waals surface area (Å²) in [4.78, 5) is 1.97. The number of rotatable bonds is 3. The summed E-state index contributed by atoms with van der Waals surface area (Å²) < 4.78 is 18.6. The van der Waals surface area contributed by atoms with Crippen LogP contribution in [0.4, 0.5) is 0 Å². The number of piperidine rings is 1. The normalized spacial score (nSPS) is 37.4. The number of nitriles is 1. The van der Waals surface area contributed by atoms with E-state index in [0.717, 1.165) is 37.3 Å². The first-order chi connectivity index (χ1) is 14.6. The van der Waals surface area contributed by atoms with Gasteiger partial charge in [0.2, 0.25) is 0 Å². The third kappa shape index (κ3) is 2.45. The van der Waals surface area contributed by atoms with Crippen molar-refractivity contribution in [1.82, 2.24) is 4.90 Å². The van der Waals surface area contributed by atoms with Gasteiger partial charge in [-0.3, -0.25) is 0 Å². The molecule has 2 heterocycles. The van der Waals surface area contributed by atoms with Crippen molar-refractivity contribution in [2.75, 3.05) is 20.8 Å². The van der Waals surface area contributed by atoms with Gasteiger partial charge in [0.05, 0.1) is 12.7 Å². The molecule has 0 amide bonds. The van der Waals surface area contributed by atoms with E-state index in [9.17, 15) is 10.4 Å². The maximum atomic E-state index is 11.8. The summed E-state index contributed by atoms with van der Waals surface area (Å²) in [5.41, 5.74) is 1.04. The van der Waals surface area contributed by atoms with E-state index in [1.165, 1.54) is 11.1 Å². The Morgan fingerprint density at radius 3 is 2.61 bits per heavy atom. The van der Waals surface area contributed by atoms with Gasteiger partial charge in [-0.05, 0) is 49.1 Å². The first kappa shape index (κ1) is 20.9. The van der Waals surface area contributed by atoms with Crippen LogP contribution in [0, 0.1) is 28.7 Å². The van der Waals surface area contributed by atoms with Gasteiger partial charge in [-0.15, -0.1) is 0 Å². The van der Waals surface area contributed by atoms with Crippen LogP contribution in [-0.4, -0.2) is 54.6 Å². The van der Waals surface area contributed by atoms with Crippen molar-refractivity contribution in [3.8, 4) is 17.7 Å². The molecule has 1 spiro atoms. The fraction of sp³-hybridized carbons (Fsp3) is 0.720. The van der Waals surface area contributed by atoms with Crippen LogP contribution >= 0.6 is 0 Å². The van der Waals surface area contributed by atoms with E-state index in [1.807, 2.05) is 17.9 Å². The Labute approximate surface area is 185 Å². The average molecular weight is 427 g/mol. The molecule has 0 aromatic heterocycles. The zero-order valence-corrected chi connectivity index (χ0v) is 19.4. The predicted molar refractivity (Wildman–Crippen MR) is 116 cm³/mol. The number of benzene rings is 1. The molecular weight excluding hydrogens is 392 g/mol. The molecule has 5 rings (SSSR count). The average Bonchev–Trinajstić information content (AvgIpc) is 3.06. The minimum Gasteiger partial charge on any atom is -0.493 e. The standard InChI is InChI=1S/C25H34N2O4/c1-23(2,3)24(4,28)16-12-15-17-11-14-7-8-18(29-5)21-19(14)25(15,9-10-27(17)13-26)22(31-21)20(16)30-6/h7-8,15-17,20,22,28H,9-12H2,1-6H3/t15?,16-,17?,20?,22?,24+,25?/m0/s1. The maximum absolute atomic E-state index is 11.8. The molecule has 4 aliphatic rings. The highest BCUT2D eigenvalue weighted by atomic mass is 16.6. The van der Waals surface area contributed by atoms with E-state index in [0.29, 0.717) is 0 Å². The van der Waals surface area contributed by atoms with Crippen LogP contribution in [-0.2, 0) is 16.6 Å². The zero-order valence-electron chi connectivity index (χ0n) is 19.4. The van der Waals surface area contributed by atoms with Crippen molar-refractivity contribution >= 4 is 0 Å².